The van der Waals surface area contributed by atoms with Gasteiger partial charge in [0.1, 0.15) is 5.84 Å². The number of hydrogen-bond donors (Lipinski definition) is 0. The summed E-state index contributed by atoms with van der Waals surface area (Å²) in [5.74, 6) is 0.876. The largest absolute Gasteiger partial charge is 0.313 e. The number of fused-ring (bicyclic) bond motifs is 5. The van der Waals surface area contributed by atoms with Gasteiger partial charge in [-0.3, -0.25) is 4.31 Å². The first-order valence-corrected chi connectivity index (χ1v) is 15.1. The molecular formula is C38H26N4S. The van der Waals surface area contributed by atoms with Crippen molar-refractivity contribution in [3.8, 4) is 17.2 Å². The third-order valence-electron chi connectivity index (χ3n) is 8.26. The molecule has 0 bridgehead atoms. The topological polar surface area (TPSA) is 44.3 Å². The minimum Gasteiger partial charge on any atom is -0.313 e. The molecule has 5 heteroatoms. The van der Waals surface area contributed by atoms with Gasteiger partial charge in [-0.25, -0.2) is 4.99 Å². The van der Waals surface area contributed by atoms with Gasteiger partial charge in [-0.2, -0.15) is 5.26 Å². The molecule has 4 aromatic carbocycles. The number of aromatic nitrogens is 1. The highest BCUT2D eigenvalue weighted by Crippen LogP contribution is 2.39. The lowest BCUT2D eigenvalue weighted by Crippen LogP contribution is -2.18. The van der Waals surface area contributed by atoms with Crippen LogP contribution < -0.4 is 0 Å². The molecule has 0 N–H and O–H groups in total. The Kier molecular flexibility index (Phi) is 6.03. The third kappa shape index (κ3) is 4.35. The van der Waals surface area contributed by atoms with Crippen LogP contribution in [0.1, 0.15) is 29.5 Å². The van der Waals surface area contributed by atoms with E-state index >= 15 is 0 Å². The Morgan fingerprint density at radius 3 is 2.51 bits per heavy atom. The van der Waals surface area contributed by atoms with Gasteiger partial charge in [0.2, 0.25) is 0 Å². The second-order valence-electron chi connectivity index (χ2n) is 10.9. The summed E-state index contributed by atoms with van der Waals surface area (Å²) in [6.45, 7) is 4.19. The summed E-state index contributed by atoms with van der Waals surface area (Å²) in [6, 6.07) is 32.1. The molecule has 0 radical (unpaired) electrons. The van der Waals surface area contributed by atoms with Crippen LogP contribution in [0.2, 0.25) is 0 Å². The van der Waals surface area contributed by atoms with Crippen molar-refractivity contribution in [3.63, 3.8) is 0 Å². The van der Waals surface area contributed by atoms with E-state index in [1.54, 1.807) is 11.9 Å². The molecule has 8 rings (SSSR count). The number of aliphatic imine (C=N–C) groups is 1. The number of hydrogen-bond acceptors (Lipinski definition) is 4. The zero-order chi connectivity index (χ0) is 28.9. The van der Waals surface area contributed by atoms with E-state index in [4.69, 9.17) is 4.99 Å². The smallest absolute Gasteiger partial charge is 0.143 e. The Labute approximate surface area is 254 Å². The second-order valence-corrected chi connectivity index (χ2v) is 11.9. The van der Waals surface area contributed by atoms with Crippen molar-refractivity contribution in [1.29, 1.82) is 5.26 Å². The highest BCUT2D eigenvalue weighted by Gasteiger charge is 2.21. The van der Waals surface area contributed by atoms with E-state index in [0.29, 0.717) is 5.56 Å². The molecule has 0 atom stereocenters. The lowest BCUT2D eigenvalue weighted by Gasteiger charge is -2.22. The quantitative estimate of drug-likeness (QED) is 0.203. The first-order chi connectivity index (χ1) is 21.2. The van der Waals surface area contributed by atoms with E-state index < -0.39 is 0 Å². The molecule has 1 aromatic heterocycles. The van der Waals surface area contributed by atoms with Crippen LogP contribution in [0.4, 0.5) is 0 Å². The molecule has 0 saturated carbocycles. The number of benzene rings is 4. The normalized spacial score (nSPS) is 15.8. The molecule has 2 aliphatic heterocycles. The van der Waals surface area contributed by atoms with Crippen LogP contribution in [0.25, 0.3) is 49.9 Å². The molecule has 0 spiro atoms. The predicted molar refractivity (Wildman–Crippen MR) is 180 cm³/mol. The fourth-order valence-corrected chi connectivity index (χ4v) is 7.10. The minimum absolute atomic E-state index is 0.677. The van der Waals surface area contributed by atoms with Gasteiger partial charge in [-0.1, -0.05) is 73.3 Å². The number of allylic oxidation sites excluding steroid dienone is 6. The van der Waals surface area contributed by atoms with Crippen molar-refractivity contribution in [2.75, 3.05) is 0 Å². The van der Waals surface area contributed by atoms with E-state index in [1.807, 2.05) is 18.2 Å². The monoisotopic (exact) mass is 570 g/mol. The van der Waals surface area contributed by atoms with Crippen molar-refractivity contribution in [2.24, 2.45) is 4.99 Å². The Hall–Kier alpha value is -5.31. The average molecular weight is 571 g/mol. The van der Waals surface area contributed by atoms with Crippen LogP contribution in [0, 0.1) is 11.3 Å². The first kappa shape index (κ1) is 25.4. The van der Waals surface area contributed by atoms with Crippen LogP contribution in [0.5, 0.6) is 0 Å². The third-order valence-corrected chi connectivity index (χ3v) is 9.31. The SMILES string of the molecule is C=C1N=C2C=CC(c3ccc(-c4ccc5c(c4)c4ccc(C#N)cc4n5C4=CC=CCC4)cc3)=CN2Sc2ccccc21. The van der Waals surface area contributed by atoms with Gasteiger partial charge >= 0.3 is 0 Å². The summed E-state index contributed by atoms with van der Waals surface area (Å²) >= 11 is 1.67. The van der Waals surface area contributed by atoms with Crippen molar-refractivity contribution < 1.29 is 0 Å². The maximum atomic E-state index is 9.60. The highest BCUT2D eigenvalue weighted by molar-refractivity contribution is 7.97. The van der Waals surface area contributed by atoms with Crippen LogP contribution in [0.3, 0.4) is 0 Å². The summed E-state index contributed by atoms with van der Waals surface area (Å²) < 4.78 is 4.45. The predicted octanol–water partition coefficient (Wildman–Crippen LogP) is 9.83. The summed E-state index contributed by atoms with van der Waals surface area (Å²) in [7, 11) is 0. The van der Waals surface area contributed by atoms with Crippen LogP contribution >= 0.6 is 11.9 Å². The van der Waals surface area contributed by atoms with Gasteiger partial charge < -0.3 is 4.57 Å². The minimum atomic E-state index is 0.677. The zero-order valence-electron chi connectivity index (χ0n) is 23.4. The molecule has 0 saturated heterocycles. The summed E-state index contributed by atoms with van der Waals surface area (Å²) in [5, 5.41) is 12.0. The fourth-order valence-electron chi connectivity index (χ4n) is 6.10. The molecule has 43 heavy (non-hydrogen) atoms. The van der Waals surface area contributed by atoms with Gasteiger partial charge in [0.25, 0.3) is 0 Å². The fraction of sp³-hybridized carbons (Fsp3) is 0.0526. The van der Waals surface area contributed by atoms with Gasteiger partial charge in [0.05, 0.1) is 28.4 Å². The number of nitriles is 1. The molecule has 3 aliphatic rings. The van der Waals surface area contributed by atoms with Gasteiger partial charge in [-0.05, 0) is 95.6 Å². The van der Waals surface area contributed by atoms with E-state index in [2.05, 4.69) is 125 Å². The summed E-state index contributed by atoms with van der Waals surface area (Å²) in [5.41, 5.74) is 10.6. The Balaban J connectivity index is 1.15. The van der Waals surface area contributed by atoms with Crippen LogP contribution in [0.15, 0.2) is 138 Å². The maximum absolute atomic E-state index is 9.60. The van der Waals surface area contributed by atoms with Crippen molar-refractivity contribution in [1.82, 2.24) is 8.87 Å². The molecule has 5 aromatic rings. The molecular weight excluding hydrogens is 545 g/mol. The van der Waals surface area contributed by atoms with Crippen molar-refractivity contribution in [3.05, 3.63) is 145 Å². The molecule has 0 unspecified atom stereocenters. The zero-order valence-corrected chi connectivity index (χ0v) is 24.2. The lowest BCUT2D eigenvalue weighted by molar-refractivity contribution is 0.932. The Morgan fingerprint density at radius 1 is 0.837 bits per heavy atom. The van der Waals surface area contributed by atoms with Crippen LogP contribution in [-0.2, 0) is 0 Å². The molecule has 1 aliphatic carbocycles. The highest BCUT2D eigenvalue weighted by atomic mass is 32.2. The van der Waals surface area contributed by atoms with Gasteiger partial charge in [0, 0.05) is 33.1 Å². The second kappa shape index (κ2) is 10.2. The standard InChI is InChI=1S/C38H26N4S/c1-25-32-9-5-6-10-37(32)43-41-24-30(17-20-38(41)40-25)28-14-12-27(13-15-28)29-16-19-35-34(22-29)33-18-11-26(23-39)21-36(33)42(35)31-7-3-2-4-8-31/h2-3,5-7,9-22,24H,1,4,8H2. The maximum Gasteiger partial charge on any atom is 0.143 e. The molecule has 0 fully saturated rings. The lowest BCUT2D eigenvalue weighted by atomic mass is 9.98. The number of nitrogens with zero attached hydrogens (tertiary/aromatic N) is 4. The Bertz CT molecular complexity index is 2180. The Morgan fingerprint density at radius 2 is 1.67 bits per heavy atom. The molecule has 4 nitrogen and oxygen atoms in total. The number of amidine groups is 1. The van der Waals surface area contributed by atoms with Gasteiger partial charge in [-0.15, -0.1) is 0 Å². The van der Waals surface area contributed by atoms with E-state index in [-0.39, 0.29) is 0 Å². The van der Waals surface area contributed by atoms with E-state index in [1.165, 1.54) is 22.2 Å². The molecule has 0 amide bonds. The van der Waals surface area contributed by atoms with Crippen LogP contribution in [-0.4, -0.2) is 14.7 Å². The van der Waals surface area contributed by atoms with Crippen molar-refractivity contribution >= 4 is 56.6 Å². The number of rotatable bonds is 3. The molecule has 204 valence electrons. The van der Waals surface area contributed by atoms with E-state index in [0.717, 1.165) is 62.4 Å². The van der Waals surface area contributed by atoms with E-state index in [9.17, 15) is 5.26 Å². The summed E-state index contributed by atoms with van der Waals surface area (Å²) in [4.78, 5) is 5.92. The summed E-state index contributed by atoms with van der Waals surface area (Å²) in [6.07, 6.45) is 14.9. The van der Waals surface area contributed by atoms with Crippen molar-refractivity contribution in [2.45, 2.75) is 17.7 Å². The molecule has 3 heterocycles. The van der Waals surface area contributed by atoms with Gasteiger partial charge in [0.15, 0.2) is 0 Å². The average Bonchev–Trinajstić information content (AvgIpc) is 3.30. The first-order valence-electron chi connectivity index (χ1n) is 14.4.